The SMILES string of the molecule is COc1ccc(C(=O)N2CCCCC2Cn2nc(C)cc2C)cn1. The van der Waals surface area contributed by atoms with E-state index in [9.17, 15) is 4.79 Å². The molecule has 6 heteroatoms. The van der Waals surface area contributed by atoms with Crippen molar-refractivity contribution in [1.29, 1.82) is 0 Å². The third kappa shape index (κ3) is 3.42. The highest BCUT2D eigenvalue weighted by atomic mass is 16.5. The van der Waals surface area contributed by atoms with Crippen molar-refractivity contribution < 1.29 is 9.53 Å². The number of hydrogen-bond donors (Lipinski definition) is 0. The number of aromatic nitrogens is 3. The molecule has 0 aromatic carbocycles. The first-order valence-corrected chi connectivity index (χ1v) is 8.40. The van der Waals surface area contributed by atoms with Gasteiger partial charge < -0.3 is 9.64 Å². The molecule has 0 N–H and O–H groups in total. The van der Waals surface area contributed by atoms with Gasteiger partial charge in [0.15, 0.2) is 0 Å². The van der Waals surface area contributed by atoms with Crippen molar-refractivity contribution in [2.75, 3.05) is 13.7 Å². The highest BCUT2D eigenvalue weighted by molar-refractivity contribution is 5.94. The van der Waals surface area contributed by atoms with Gasteiger partial charge in [0.1, 0.15) is 0 Å². The van der Waals surface area contributed by atoms with Crippen LogP contribution in [0.5, 0.6) is 5.88 Å². The molecule has 6 nitrogen and oxygen atoms in total. The van der Waals surface area contributed by atoms with E-state index in [2.05, 4.69) is 23.1 Å². The first-order valence-electron chi connectivity index (χ1n) is 8.40. The van der Waals surface area contributed by atoms with Gasteiger partial charge in [0.2, 0.25) is 5.88 Å². The van der Waals surface area contributed by atoms with Gasteiger partial charge >= 0.3 is 0 Å². The minimum Gasteiger partial charge on any atom is -0.481 e. The average molecular weight is 328 g/mol. The largest absolute Gasteiger partial charge is 0.481 e. The van der Waals surface area contributed by atoms with Crippen LogP contribution in [0.15, 0.2) is 24.4 Å². The first-order chi connectivity index (χ1) is 11.6. The molecule has 1 fully saturated rings. The Balaban J connectivity index is 1.78. The van der Waals surface area contributed by atoms with Gasteiger partial charge in [-0.2, -0.15) is 5.10 Å². The molecule has 0 spiro atoms. The fourth-order valence-electron chi connectivity index (χ4n) is 3.31. The van der Waals surface area contributed by atoms with E-state index in [1.165, 1.54) is 0 Å². The number of nitrogens with zero attached hydrogens (tertiary/aromatic N) is 4. The summed E-state index contributed by atoms with van der Waals surface area (Å²) in [5.41, 5.74) is 2.76. The number of rotatable bonds is 4. The van der Waals surface area contributed by atoms with Gasteiger partial charge in [-0.25, -0.2) is 4.98 Å². The van der Waals surface area contributed by atoms with E-state index in [1.807, 2.05) is 16.5 Å². The minimum atomic E-state index is 0.0383. The number of amides is 1. The second-order valence-electron chi connectivity index (χ2n) is 6.35. The molecule has 0 aliphatic carbocycles. The molecular weight excluding hydrogens is 304 g/mol. The van der Waals surface area contributed by atoms with Crippen LogP contribution in [-0.4, -0.2) is 45.3 Å². The maximum atomic E-state index is 12.9. The summed E-state index contributed by atoms with van der Waals surface area (Å²) >= 11 is 0. The second-order valence-corrected chi connectivity index (χ2v) is 6.35. The zero-order chi connectivity index (χ0) is 17.1. The quantitative estimate of drug-likeness (QED) is 0.865. The number of pyridine rings is 1. The summed E-state index contributed by atoms with van der Waals surface area (Å²) in [4.78, 5) is 19.0. The monoisotopic (exact) mass is 328 g/mol. The number of carbonyl (C=O) groups is 1. The summed E-state index contributed by atoms with van der Waals surface area (Å²) < 4.78 is 7.07. The Morgan fingerprint density at radius 3 is 2.79 bits per heavy atom. The Hall–Kier alpha value is -2.37. The first kappa shape index (κ1) is 16.5. The molecule has 1 atom stereocenters. The van der Waals surface area contributed by atoms with Crippen LogP contribution >= 0.6 is 0 Å². The average Bonchev–Trinajstić information content (AvgIpc) is 2.92. The normalized spacial score (nSPS) is 17.8. The number of piperidine rings is 1. The summed E-state index contributed by atoms with van der Waals surface area (Å²) in [5, 5.41) is 4.54. The predicted octanol–water partition coefficient (Wildman–Crippen LogP) is 2.60. The zero-order valence-corrected chi connectivity index (χ0v) is 14.5. The van der Waals surface area contributed by atoms with Crippen LogP contribution in [0.25, 0.3) is 0 Å². The van der Waals surface area contributed by atoms with Gasteiger partial charge in [0.05, 0.1) is 31.0 Å². The molecule has 1 aliphatic rings. The number of methoxy groups -OCH3 is 1. The topological polar surface area (TPSA) is 60.2 Å². The Morgan fingerprint density at radius 2 is 2.17 bits per heavy atom. The van der Waals surface area contributed by atoms with Crippen molar-refractivity contribution in [2.24, 2.45) is 0 Å². The molecule has 1 saturated heterocycles. The van der Waals surface area contributed by atoms with E-state index in [0.29, 0.717) is 11.4 Å². The standard InChI is InChI=1S/C18H24N4O2/c1-13-10-14(2)22(20-13)12-16-6-4-5-9-21(16)18(23)15-7-8-17(24-3)19-11-15/h7-8,10-11,16H,4-6,9,12H2,1-3H3. The van der Waals surface area contributed by atoms with Crippen LogP contribution < -0.4 is 4.74 Å². The van der Waals surface area contributed by atoms with Crippen LogP contribution in [0, 0.1) is 13.8 Å². The highest BCUT2D eigenvalue weighted by Crippen LogP contribution is 2.22. The molecular formula is C18H24N4O2. The lowest BCUT2D eigenvalue weighted by Crippen LogP contribution is -2.46. The van der Waals surface area contributed by atoms with Gasteiger partial charge in [-0.05, 0) is 45.2 Å². The van der Waals surface area contributed by atoms with Crippen LogP contribution in [-0.2, 0) is 6.54 Å². The number of likely N-dealkylation sites (tertiary alicyclic amines) is 1. The van der Waals surface area contributed by atoms with Crippen molar-refractivity contribution >= 4 is 5.91 Å². The molecule has 3 rings (SSSR count). The fourth-order valence-corrected chi connectivity index (χ4v) is 3.31. The third-order valence-corrected chi connectivity index (χ3v) is 4.57. The maximum Gasteiger partial charge on any atom is 0.255 e. The van der Waals surface area contributed by atoms with Crippen molar-refractivity contribution in [2.45, 2.75) is 45.7 Å². The third-order valence-electron chi connectivity index (χ3n) is 4.57. The Bertz CT molecular complexity index is 708. The van der Waals surface area contributed by atoms with Crippen LogP contribution in [0.2, 0.25) is 0 Å². The Morgan fingerprint density at radius 1 is 1.33 bits per heavy atom. The zero-order valence-electron chi connectivity index (χ0n) is 14.5. The Labute approximate surface area is 142 Å². The number of ether oxygens (including phenoxy) is 1. The molecule has 2 aromatic rings. The predicted molar refractivity (Wildman–Crippen MR) is 91.2 cm³/mol. The van der Waals surface area contributed by atoms with Crippen molar-refractivity contribution in [3.8, 4) is 5.88 Å². The highest BCUT2D eigenvalue weighted by Gasteiger charge is 2.28. The summed E-state index contributed by atoms with van der Waals surface area (Å²) in [7, 11) is 1.57. The summed E-state index contributed by atoms with van der Waals surface area (Å²) in [5.74, 6) is 0.556. The van der Waals surface area contributed by atoms with Crippen LogP contribution in [0.3, 0.4) is 0 Å². The van der Waals surface area contributed by atoms with Gasteiger partial charge in [-0.3, -0.25) is 9.48 Å². The lowest BCUT2D eigenvalue weighted by Gasteiger charge is -2.36. The number of aryl methyl sites for hydroxylation is 2. The van der Waals surface area contributed by atoms with Gasteiger partial charge in [-0.1, -0.05) is 0 Å². The lowest BCUT2D eigenvalue weighted by atomic mass is 10.0. The molecule has 1 aliphatic heterocycles. The lowest BCUT2D eigenvalue weighted by molar-refractivity contribution is 0.0582. The molecule has 3 heterocycles. The van der Waals surface area contributed by atoms with E-state index in [1.54, 1.807) is 25.4 Å². The molecule has 24 heavy (non-hydrogen) atoms. The minimum absolute atomic E-state index is 0.0383. The second kappa shape index (κ2) is 7.03. The molecule has 2 aromatic heterocycles. The Kier molecular flexibility index (Phi) is 4.83. The fraction of sp³-hybridized carbons (Fsp3) is 0.500. The van der Waals surface area contributed by atoms with E-state index < -0.39 is 0 Å². The molecule has 0 saturated carbocycles. The molecule has 128 valence electrons. The molecule has 1 unspecified atom stereocenters. The number of carbonyl (C=O) groups excluding carboxylic acids is 1. The van der Waals surface area contributed by atoms with E-state index in [-0.39, 0.29) is 11.9 Å². The van der Waals surface area contributed by atoms with E-state index in [0.717, 1.165) is 43.7 Å². The summed E-state index contributed by atoms with van der Waals surface area (Å²) in [6, 6.07) is 5.75. The number of hydrogen-bond acceptors (Lipinski definition) is 4. The molecule has 0 bridgehead atoms. The van der Waals surface area contributed by atoms with Gasteiger partial charge in [-0.15, -0.1) is 0 Å². The van der Waals surface area contributed by atoms with Gasteiger partial charge in [0.25, 0.3) is 5.91 Å². The van der Waals surface area contributed by atoms with Crippen molar-refractivity contribution in [1.82, 2.24) is 19.7 Å². The molecule has 0 radical (unpaired) electrons. The van der Waals surface area contributed by atoms with Crippen LogP contribution in [0.1, 0.15) is 41.0 Å². The smallest absolute Gasteiger partial charge is 0.255 e. The van der Waals surface area contributed by atoms with Crippen LogP contribution in [0.4, 0.5) is 0 Å². The van der Waals surface area contributed by atoms with Crippen molar-refractivity contribution in [3.05, 3.63) is 41.3 Å². The van der Waals surface area contributed by atoms with Gasteiger partial charge in [0, 0.05) is 24.5 Å². The van der Waals surface area contributed by atoms with Crippen molar-refractivity contribution in [3.63, 3.8) is 0 Å². The summed E-state index contributed by atoms with van der Waals surface area (Å²) in [6.45, 7) is 5.59. The van der Waals surface area contributed by atoms with E-state index >= 15 is 0 Å². The van der Waals surface area contributed by atoms with E-state index in [4.69, 9.17) is 4.74 Å². The molecule has 1 amide bonds. The maximum absolute atomic E-state index is 12.9. The summed E-state index contributed by atoms with van der Waals surface area (Å²) in [6.07, 6.45) is 4.79.